The number of likely N-dealkylation sites (N-methyl/N-ethyl adjacent to an activating group) is 1. The SMILES string of the molecule is CN(C)Cc1c(O)cc2c(c1O)C(=O)c1c(O)cc(C(=O)N3CCN(C)CC3)cc1C2=O. The van der Waals surface area contributed by atoms with E-state index in [-0.39, 0.29) is 51.6 Å². The van der Waals surface area contributed by atoms with Crippen LogP contribution >= 0.6 is 0 Å². The van der Waals surface area contributed by atoms with E-state index >= 15 is 0 Å². The highest BCUT2D eigenvalue weighted by Gasteiger charge is 2.37. The number of amides is 1. The van der Waals surface area contributed by atoms with Gasteiger partial charge in [0.1, 0.15) is 17.2 Å². The number of benzene rings is 2. The monoisotopic (exact) mass is 439 g/mol. The van der Waals surface area contributed by atoms with E-state index in [0.717, 1.165) is 6.07 Å². The van der Waals surface area contributed by atoms with Gasteiger partial charge >= 0.3 is 0 Å². The first-order valence-electron chi connectivity index (χ1n) is 10.3. The number of hydrogen-bond donors (Lipinski definition) is 3. The second-order valence-electron chi connectivity index (χ2n) is 8.55. The molecule has 2 aromatic rings. The van der Waals surface area contributed by atoms with Crippen molar-refractivity contribution in [3.05, 3.63) is 51.6 Å². The van der Waals surface area contributed by atoms with Crippen molar-refractivity contribution >= 4 is 17.5 Å². The summed E-state index contributed by atoms with van der Waals surface area (Å²) in [5, 5.41) is 31.7. The third-order valence-corrected chi connectivity index (χ3v) is 5.95. The average molecular weight is 439 g/mol. The summed E-state index contributed by atoms with van der Waals surface area (Å²) in [7, 11) is 5.42. The highest BCUT2D eigenvalue weighted by Crippen LogP contribution is 2.42. The molecule has 0 spiro atoms. The lowest BCUT2D eigenvalue weighted by atomic mass is 9.81. The van der Waals surface area contributed by atoms with E-state index in [0.29, 0.717) is 26.2 Å². The molecule has 32 heavy (non-hydrogen) atoms. The van der Waals surface area contributed by atoms with Gasteiger partial charge in [0, 0.05) is 49.4 Å². The molecule has 3 N–H and O–H groups in total. The number of phenols is 3. The molecule has 0 aromatic heterocycles. The molecule has 1 heterocycles. The van der Waals surface area contributed by atoms with Gasteiger partial charge in [0.05, 0.1) is 16.7 Å². The van der Waals surface area contributed by atoms with Crippen molar-refractivity contribution in [2.75, 3.05) is 47.3 Å². The van der Waals surface area contributed by atoms with Gasteiger partial charge in [0.2, 0.25) is 5.78 Å². The molecule has 0 bridgehead atoms. The van der Waals surface area contributed by atoms with Gasteiger partial charge in [0.15, 0.2) is 5.78 Å². The van der Waals surface area contributed by atoms with Crippen molar-refractivity contribution in [1.82, 2.24) is 14.7 Å². The molecule has 1 amide bonds. The van der Waals surface area contributed by atoms with Crippen LogP contribution in [0, 0.1) is 0 Å². The van der Waals surface area contributed by atoms with Crippen molar-refractivity contribution in [2.24, 2.45) is 0 Å². The molecule has 9 nitrogen and oxygen atoms in total. The molecule has 4 rings (SSSR count). The summed E-state index contributed by atoms with van der Waals surface area (Å²) in [6.45, 7) is 2.59. The van der Waals surface area contributed by atoms with Crippen molar-refractivity contribution in [3.8, 4) is 17.2 Å². The third-order valence-electron chi connectivity index (χ3n) is 5.95. The minimum atomic E-state index is -0.733. The standard InChI is InChI=1S/C23H25N3O6/c1-24(2)11-15-16(27)10-14-19(21(15)30)22(31)18-13(20(14)29)8-12(9-17(18)28)23(32)26-6-4-25(3)5-7-26/h8-10,27-28,30H,4-7,11H2,1-3H3. The minimum Gasteiger partial charge on any atom is -0.507 e. The summed E-state index contributed by atoms with van der Waals surface area (Å²) in [4.78, 5) is 44.8. The van der Waals surface area contributed by atoms with Crippen molar-refractivity contribution in [3.63, 3.8) is 0 Å². The summed E-state index contributed by atoms with van der Waals surface area (Å²) in [5.41, 5.74) is -0.588. The van der Waals surface area contributed by atoms with Crippen LogP contribution in [0.4, 0.5) is 0 Å². The second kappa shape index (κ2) is 7.92. The Morgan fingerprint density at radius 1 is 0.906 bits per heavy atom. The maximum absolute atomic E-state index is 13.2. The lowest BCUT2D eigenvalue weighted by molar-refractivity contribution is 0.0663. The van der Waals surface area contributed by atoms with Crippen LogP contribution in [0.1, 0.15) is 47.8 Å². The van der Waals surface area contributed by atoms with Crippen molar-refractivity contribution in [1.29, 1.82) is 0 Å². The number of nitrogens with zero attached hydrogens (tertiary/aromatic N) is 3. The predicted octanol–water partition coefficient (Wildman–Crippen LogP) is 1.03. The summed E-state index contributed by atoms with van der Waals surface area (Å²) < 4.78 is 0. The first-order chi connectivity index (χ1) is 15.1. The zero-order valence-electron chi connectivity index (χ0n) is 18.2. The van der Waals surface area contributed by atoms with Crippen LogP contribution in [0.3, 0.4) is 0 Å². The highest BCUT2D eigenvalue weighted by molar-refractivity contribution is 6.31. The number of rotatable bonds is 3. The van der Waals surface area contributed by atoms with E-state index in [1.807, 2.05) is 7.05 Å². The zero-order chi connectivity index (χ0) is 23.3. The predicted molar refractivity (Wildman–Crippen MR) is 116 cm³/mol. The number of fused-ring (bicyclic) bond motifs is 2. The molecule has 0 atom stereocenters. The topological polar surface area (TPSA) is 122 Å². The van der Waals surface area contributed by atoms with Crippen LogP contribution in [0.25, 0.3) is 0 Å². The van der Waals surface area contributed by atoms with Gasteiger partial charge in [-0.2, -0.15) is 0 Å². The maximum atomic E-state index is 13.2. The van der Waals surface area contributed by atoms with E-state index in [1.54, 1.807) is 23.9 Å². The Bertz CT molecular complexity index is 1150. The molecule has 0 radical (unpaired) electrons. The van der Waals surface area contributed by atoms with Gasteiger partial charge < -0.3 is 30.0 Å². The van der Waals surface area contributed by atoms with Gasteiger partial charge in [-0.1, -0.05) is 0 Å². The summed E-state index contributed by atoms with van der Waals surface area (Å²) >= 11 is 0. The van der Waals surface area contributed by atoms with E-state index in [4.69, 9.17) is 0 Å². The van der Waals surface area contributed by atoms with Crippen LogP contribution in [-0.4, -0.2) is 94.8 Å². The quantitative estimate of drug-likeness (QED) is 0.553. The van der Waals surface area contributed by atoms with Gasteiger partial charge in [-0.15, -0.1) is 0 Å². The van der Waals surface area contributed by atoms with Gasteiger partial charge in [-0.3, -0.25) is 14.4 Å². The molecule has 9 heteroatoms. The number of hydrogen-bond acceptors (Lipinski definition) is 8. The van der Waals surface area contributed by atoms with Crippen LogP contribution in [0.2, 0.25) is 0 Å². The molecule has 0 saturated carbocycles. The van der Waals surface area contributed by atoms with Gasteiger partial charge in [-0.05, 0) is 39.3 Å². The highest BCUT2D eigenvalue weighted by atomic mass is 16.3. The number of carbonyl (C=O) groups is 3. The summed E-state index contributed by atoms with van der Waals surface area (Å²) in [5.74, 6) is -3.02. The Morgan fingerprint density at radius 3 is 2.16 bits per heavy atom. The fraction of sp³-hybridized carbons (Fsp3) is 0.348. The van der Waals surface area contributed by atoms with Crippen molar-refractivity contribution in [2.45, 2.75) is 6.54 Å². The van der Waals surface area contributed by atoms with Crippen LogP contribution in [-0.2, 0) is 6.54 Å². The van der Waals surface area contributed by atoms with E-state index in [1.165, 1.54) is 12.1 Å². The molecule has 1 aliphatic carbocycles. The number of piperazine rings is 1. The molecular weight excluding hydrogens is 414 g/mol. The molecular formula is C23H25N3O6. The third kappa shape index (κ3) is 3.49. The number of phenolic OH excluding ortho intramolecular Hbond substituents is 3. The number of aromatic hydroxyl groups is 3. The Balaban J connectivity index is 1.79. The van der Waals surface area contributed by atoms with Crippen LogP contribution < -0.4 is 0 Å². The molecule has 2 aliphatic rings. The Labute approximate surface area is 185 Å². The summed E-state index contributed by atoms with van der Waals surface area (Å²) in [6, 6.07) is 3.65. The van der Waals surface area contributed by atoms with E-state index < -0.39 is 23.1 Å². The van der Waals surface area contributed by atoms with Crippen LogP contribution in [0.15, 0.2) is 18.2 Å². The average Bonchev–Trinajstić information content (AvgIpc) is 2.74. The normalized spacial score (nSPS) is 16.3. The second-order valence-corrected chi connectivity index (χ2v) is 8.55. The lowest BCUT2D eigenvalue weighted by Crippen LogP contribution is -2.47. The number of ketones is 2. The Morgan fingerprint density at radius 2 is 1.53 bits per heavy atom. The molecule has 0 unspecified atom stereocenters. The molecule has 1 fully saturated rings. The maximum Gasteiger partial charge on any atom is 0.254 e. The van der Waals surface area contributed by atoms with E-state index in [9.17, 15) is 29.7 Å². The first-order valence-corrected chi connectivity index (χ1v) is 10.3. The first kappa shape index (κ1) is 21.8. The van der Waals surface area contributed by atoms with Crippen molar-refractivity contribution < 1.29 is 29.7 Å². The van der Waals surface area contributed by atoms with Gasteiger partial charge in [0.25, 0.3) is 5.91 Å². The van der Waals surface area contributed by atoms with E-state index in [2.05, 4.69) is 4.90 Å². The smallest absolute Gasteiger partial charge is 0.254 e. The fourth-order valence-electron chi connectivity index (χ4n) is 4.21. The summed E-state index contributed by atoms with van der Waals surface area (Å²) in [6.07, 6.45) is 0. The zero-order valence-corrected chi connectivity index (χ0v) is 18.2. The molecule has 1 saturated heterocycles. The Hall–Kier alpha value is -3.43. The molecule has 168 valence electrons. The minimum absolute atomic E-state index is 0.105. The molecule has 1 aliphatic heterocycles. The van der Waals surface area contributed by atoms with Crippen LogP contribution in [0.5, 0.6) is 17.2 Å². The lowest BCUT2D eigenvalue weighted by Gasteiger charge is -2.32. The van der Waals surface area contributed by atoms with Gasteiger partial charge in [-0.25, -0.2) is 0 Å². The fourth-order valence-corrected chi connectivity index (χ4v) is 4.21. The number of carbonyl (C=O) groups excluding carboxylic acids is 3. The molecule has 2 aromatic carbocycles. The Kier molecular flexibility index (Phi) is 5.39. The largest absolute Gasteiger partial charge is 0.507 e.